The molecule has 1 aliphatic heterocycles. The molecule has 0 aliphatic carbocycles. The van der Waals surface area contributed by atoms with E-state index in [4.69, 9.17) is 10.5 Å². The number of benzene rings is 1. The lowest BCUT2D eigenvalue weighted by Crippen LogP contribution is -2.01. The summed E-state index contributed by atoms with van der Waals surface area (Å²) in [5.74, 6) is 0.461. The third kappa shape index (κ3) is 2.94. The van der Waals surface area contributed by atoms with E-state index in [-0.39, 0.29) is 11.1 Å². The number of thioether (sulfide) groups is 1. The van der Waals surface area contributed by atoms with Crippen LogP contribution < -0.4 is 10.5 Å². The van der Waals surface area contributed by atoms with Crippen molar-refractivity contribution < 1.29 is 9.53 Å². The van der Waals surface area contributed by atoms with E-state index in [1.54, 1.807) is 6.08 Å². The highest BCUT2D eigenvalue weighted by Crippen LogP contribution is 2.30. The first kappa shape index (κ1) is 13.2. The molecule has 1 amide bonds. The molecule has 1 aromatic rings. The van der Waals surface area contributed by atoms with Crippen molar-refractivity contribution in [2.45, 2.75) is 6.92 Å². The Morgan fingerprint density at radius 2 is 2.33 bits per heavy atom. The Hall–Kier alpha value is -1.27. The molecule has 2 N–H and O–H groups in total. The number of rotatable bonds is 3. The largest absolute Gasteiger partial charge is 0.494 e. The second-order valence-electron chi connectivity index (χ2n) is 3.48. The van der Waals surface area contributed by atoms with E-state index in [2.05, 4.69) is 20.9 Å². The van der Waals surface area contributed by atoms with E-state index >= 15 is 0 Å². The number of carbonyl (C=O) groups excluding carboxylic acids is 1. The molecule has 1 aromatic carbocycles. The van der Waals surface area contributed by atoms with Crippen molar-refractivity contribution in [3.63, 3.8) is 0 Å². The summed E-state index contributed by atoms with van der Waals surface area (Å²) in [4.78, 5) is 15.7. The fraction of sp³-hybridized carbons (Fsp3) is 0.167. The minimum absolute atomic E-state index is 0.281. The van der Waals surface area contributed by atoms with E-state index in [0.717, 1.165) is 15.8 Å². The summed E-state index contributed by atoms with van der Waals surface area (Å²) >= 11 is 4.61. The highest BCUT2D eigenvalue weighted by atomic mass is 79.9. The molecule has 0 unspecified atom stereocenters. The maximum Gasteiger partial charge on any atom is 0.286 e. The summed E-state index contributed by atoms with van der Waals surface area (Å²) in [6, 6.07) is 5.61. The van der Waals surface area contributed by atoms with Crippen LogP contribution in [0.1, 0.15) is 12.5 Å². The van der Waals surface area contributed by atoms with Crippen molar-refractivity contribution in [1.29, 1.82) is 0 Å². The first-order valence-electron chi connectivity index (χ1n) is 5.30. The molecule has 94 valence electrons. The molecule has 1 heterocycles. The summed E-state index contributed by atoms with van der Waals surface area (Å²) in [6.07, 6.45) is 1.75. The lowest BCUT2D eigenvalue weighted by Gasteiger charge is -2.06. The highest BCUT2D eigenvalue weighted by Gasteiger charge is 2.19. The highest BCUT2D eigenvalue weighted by molar-refractivity contribution is 9.10. The van der Waals surface area contributed by atoms with Gasteiger partial charge in [-0.2, -0.15) is 4.99 Å². The zero-order chi connectivity index (χ0) is 13.1. The van der Waals surface area contributed by atoms with E-state index < -0.39 is 0 Å². The predicted molar refractivity (Wildman–Crippen MR) is 77.5 cm³/mol. The molecule has 0 radical (unpaired) electrons. The Kier molecular flexibility index (Phi) is 4.08. The van der Waals surface area contributed by atoms with Gasteiger partial charge in [0.15, 0.2) is 5.17 Å². The van der Waals surface area contributed by atoms with E-state index in [9.17, 15) is 4.79 Å². The van der Waals surface area contributed by atoms with Crippen molar-refractivity contribution in [3.05, 3.63) is 33.1 Å². The molecule has 18 heavy (non-hydrogen) atoms. The van der Waals surface area contributed by atoms with Gasteiger partial charge in [0.25, 0.3) is 5.91 Å². The fourth-order valence-electron chi connectivity index (χ4n) is 1.46. The molecule has 2 rings (SSSR count). The summed E-state index contributed by atoms with van der Waals surface area (Å²) in [6.45, 7) is 2.52. The average molecular weight is 327 g/mol. The smallest absolute Gasteiger partial charge is 0.286 e. The van der Waals surface area contributed by atoms with Crippen LogP contribution in [-0.4, -0.2) is 17.7 Å². The van der Waals surface area contributed by atoms with Crippen LogP contribution in [0.25, 0.3) is 6.08 Å². The third-order valence-corrected chi connectivity index (χ3v) is 3.74. The standard InChI is InChI=1S/C12H11BrN2O2S/c1-2-17-8-3-4-9(13)7(5-8)6-10-11(16)15-12(14)18-10/h3-6H,2H2,1H3,(H2,14,15,16)/b10-6-. The van der Waals surface area contributed by atoms with Gasteiger partial charge in [0.05, 0.1) is 11.5 Å². The Labute approximate surface area is 117 Å². The molecule has 6 heteroatoms. The van der Waals surface area contributed by atoms with Crippen molar-refractivity contribution in [2.75, 3.05) is 6.61 Å². The topological polar surface area (TPSA) is 64.7 Å². The van der Waals surface area contributed by atoms with Crippen molar-refractivity contribution in [2.24, 2.45) is 10.7 Å². The molecule has 0 saturated heterocycles. The van der Waals surface area contributed by atoms with Gasteiger partial charge in [0.2, 0.25) is 0 Å². The van der Waals surface area contributed by atoms with Gasteiger partial charge in [0, 0.05) is 4.47 Å². The number of aliphatic imine (C=N–C) groups is 1. The average Bonchev–Trinajstić information content (AvgIpc) is 2.62. The Morgan fingerprint density at radius 1 is 1.56 bits per heavy atom. The monoisotopic (exact) mass is 326 g/mol. The fourth-order valence-corrected chi connectivity index (χ4v) is 2.49. The minimum Gasteiger partial charge on any atom is -0.494 e. The van der Waals surface area contributed by atoms with Gasteiger partial charge in [-0.1, -0.05) is 15.9 Å². The number of halogens is 1. The molecule has 0 aromatic heterocycles. The van der Waals surface area contributed by atoms with Gasteiger partial charge >= 0.3 is 0 Å². The maximum atomic E-state index is 11.5. The van der Waals surface area contributed by atoms with Gasteiger partial charge in [-0.25, -0.2) is 0 Å². The first-order valence-corrected chi connectivity index (χ1v) is 6.91. The Balaban J connectivity index is 2.31. The number of amides is 1. The molecule has 0 spiro atoms. The lowest BCUT2D eigenvalue weighted by molar-refractivity contribution is -0.113. The van der Waals surface area contributed by atoms with Crippen LogP contribution in [-0.2, 0) is 4.79 Å². The van der Waals surface area contributed by atoms with Crippen LogP contribution in [0.2, 0.25) is 0 Å². The van der Waals surface area contributed by atoms with Gasteiger partial charge < -0.3 is 10.5 Å². The Morgan fingerprint density at radius 3 is 2.94 bits per heavy atom. The number of carbonyl (C=O) groups is 1. The molecular weight excluding hydrogens is 316 g/mol. The van der Waals surface area contributed by atoms with Gasteiger partial charge in [-0.3, -0.25) is 4.79 Å². The Bertz CT molecular complexity index is 555. The molecule has 0 saturated carbocycles. The second-order valence-corrected chi connectivity index (χ2v) is 5.40. The zero-order valence-corrected chi connectivity index (χ0v) is 12.0. The molecule has 0 atom stereocenters. The quantitative estimate of drug-likeness (QED) is 0.867. The molecular formula is C12H11BrN2O2S. The van der Waals surface area contributed by atoms with E-state index in [1.165, 1.54) is 11.8 Å². The zero-order valence-electron chi connectivity index (χ0n) is 9.64. The lowest BCUT2D eigenvalue weighted by atomic mass is 10.2. The normalized spacial score (nSPS) is 17.1. The number of nitrogens with two attached hydrogens (primary N) is 1. The number of nitrogens with zero attached hydrogens (tertiary/aromatic N) is 1. The molecule has 0 bridgehead atoms. The van der Waals surface area contributed by atoms with Gasteiger partial charge in [-0.15, -0.1) is 0 Å². The van der Waals surface area contributed by atoms with Crippen molar-refractivity contribution in [1.82, 2.24) is 0 Å². The summed E-state index contributed by atoms with van der Waals surface area (Å²) in [7, 11) is 0. The maximum absolute atomic E-state index is 11.5. The first-order chi connectivity index (χ1) is 8.60. The number of hydrogen-bond donors (Lipinski definition) is 1. The molecule has 4 nitrogen and oxygen atoms in total. The van der Waals surface area contributed by atoms with E-state index in [1.807, 2.05) is 25.1 Å². The third-order valence-electron chi connectivity index (χ3n) is 2.20. The van der Waals surface area contributed by atoms with Gasteiger partial charge in [0.1, 0.15) is 5.75 Å². The van der Waals surface area contributed by atoms with Crippen LogP contribution >= 0.6 is 27.7 Å². The summed E-state index contributed by atoms with van der Waals surface area (Å²) < 4.78 is 6.31. The SMILES string of the molecule is CCOc1ccc(Br)c(/C=C2\SC(N)=NC2=O)c1. The second kappa shape index (κ2) is 5.58. The van der Waals surface area contributed by atoms with Crippen LogP contribution in [0.3, 0.4) is 0 Å². The van der Waals surface area contributed by atoms with Crippen LogP contribution in [0.15, 0.2) is 32.6 Å². The van der Waals surface area contributed by atoms with Crippen LogP contribution in [0, 0.1) is 0 Å². The number of ether oxygens (including phenoxy) is 1. The van der Waals surface area contributed by atoms with Crippen LogP contribution in [0.5, 0.6) is 5.75 Å². The van der Waals surface area contributed by atoms with E-state index in [0.29, 0.717) is 11.5 Å². The number of hydrogen-bond acceptors (Lipinski definition) is 4. The predicted octanol–water partition coefficient (Wildman–Crippen LogP) is 2.78. The van der Waals surface area contributed by atoms with Gasteiger partial charge in [-0.05, 0) is 48.5 Å². The number of amidine groups is 1. The minimum atomic E-state index is -0.300. The molecule has 1 aliphatic rings. The van der Waals surface area contributed by atoms with Crippen molar-refractivity contribution in [3.8, 4) is 5.75 Å². The van der Waals surface area contributed by atoms with Crippen LogP contribution in [0.4, 0.5) is 0 Å². The summed E-state index contributed by atoms with van der Waals surface area (Å²) in [5, 5.41) is 0.281. The van der Waals surface area contributed by atoms with Crippen molar-refractivity contribution >= 4 is 44.8 Å². The summed E-state index contributed by atoms with van der Waals surface area (Å²) in [5.41, 5.74) is 6.36. The molecule has 0 fully saturated rings.